The number of carbonyl (C=O) groups is 1. The summed E-state index contributed by atoms with van der Waals surface area (Å²) in [5, 5.41) is 0.489. The highest BCUT2D eigenvalue weighted by Crippen LogP contribution is 2.20. The highest BCUT2D eigenvalue weighted by atomic mass is 16.3. The van der Waals surface area contributed by atoms with E-state index in [9.17, 15) is 9.59 Å². The second-order valence-corrected chi connectivity index (χ2v) is 5.60. The van der Waals surface area contributed by atoms with E-state index in [1.807, 2.05) is 6.92 Å². The van der Waals surface area contributed by atoms with Crippen LogP contribution in [0.1, 0.15) is 30.3 Å². The van der Waals surface area contributed by atoms with E-state index >= 15 is 0 Å². The molecule has 3 rings (SSSR count). The van der Waals surface area contributed by atoms with E-state index in [4.69, 9.17) is 10.2 Å². The molecule has 110 valence electrons. The van der Waals surface area contributed by atoms with E-state index in [1.165, 1.54) is 6.07 Å². The Morgan fingerprint density at radius 2 is 2.14 bits per heavy atom. The second kappa shape index (κ2) is 5.33. The molecule has 2 N–H and O–H groups in total. The lowest BCUT2D eigenvalue weighted by molar-refractivity contribution is 0.0587. The van der Waals surface area contributed by atoms with Gasteiger partial charge in [-0.3, -0.25) is 9.59 Å². The maximum atomic E-state index is 12.6. The Kier molecular flexibility index (Phi) is 3.51. The standard InChI is InChI=1S/C16H18N2O3/c1-10-8-11(17)6-7-18(10)16(20)15-9-13(19)12-4-2-3-5-14(12)21-15/h2-5,9-11H,6-8,17H2,1H3. The molecule has 0 aliphatic carbocycles. The highest BCUT2D eigenvalue weighted by Gasteiger charge is 2.29. The predicted octanol–water partition coefficient (Wildman–Crippen LogP) is 1.74. The maximum Gasteiger partial charge on any atom is 0.289 e. The van der Waals surface area contributed by atoms with E-state index in [-0.39, 0.29) is 29.2 Å². The lowest BCUT2D eigenvalue weighted by Crippen LogP contribution is -2.48. The van der Waals surface area contributed by atoms with Crippen molar-refractivity contribution >= 4 is 16.9 Å². The normalized spacial score (nSPS) is 22.5. The van der Waals surface area contributed by atoms with Crippen molar-refractivity contribution in [1.82, 2.24) is 4.90 Å². The number of amides is 1. The molecule has 21 heavy (non-hydrogen) atoms. The molecule has 1 aromatic carbocycles. The van der Waals surface area contributed by atoms with Crippen LogP contribution in [0.2, 0.25) is 0 Å². The van der Waals surface area contributed by atoms with Crippen LogP contribution < -0.4 is 11.2 Å². The van der Waals surface area contributed by atoms with Crippen molar-refractivity contribution in [2.24, 2.45) is 5.73 Å². The van der Waals surface area contributed by atoms with Crippen molar-refractivity contribution in [3.8, 4) is 0 Å². The molecule has 1 amide bonds. The molecule has 2 heterocycles. The summed E-state index contributed by atoms with van der Waals surface area (Å²) in [4.78, 5) is 26.4. The third-order valence-corrected chi connectivity index (χ3v) is 4.02. The molecule has 2 aromatic rings. The molecule has 2 unspecified atom stereocenters. The first kappa shape index (κ1) is 13.8. The zero-order valence-corrected chi connectivity index (χ0v) is 11.9. The molecule has 1 aromatic heterocycles. The fraction of sp³-hybridized carbons (Fsp3) is 0.375. The van der Waals surface area contributed by atoms with Gasteiger partial charge in [-0.1, -0.05) is 12.1 Å². The van der Waals surface area contributed by atoms with Gasteiger partial charge in [0.05, 0.1) is 5.39 Å². The number of likely N-dealkylation sites (tertiary alicyclic amines) is 1. The Labute approximate surface area is 122 Å². The number of nitrogens with zero attached hydrogens (tertiary/aromatic N) is 1. The minimum Gasteiger partial charge on any atom is -0.451 e. The number of piperidine rings is 1. The average molecular weight is 286 g/mol. The van der Waals surface area contributed by atoms with Gasteiger partial charge in [-0.2, -0.15) is 0 Å². The average Bonchev–Trinajstić information content (AvgIpc) is 2.46. The molecule has 1 saturated heterocycles. The Morgan fingerprint density at radius 3 is 2.90 bits per heavy atom. The van der Waals surface area contributed by atoms with Gasteiger partial charge in [-0.15, -0.1) is 0 Å². The van der Waals surface area contributed by atoms with Gasteiger partial charge in [-0.05, 0) is 31.9 Å². The van der Waals surface area contributed by atoms with Gasteiger partial charge >= 0.3 is 0 Å². The Bertz CT molecular complexity index is 738. The number of hydrogen-bond acceptors (Lipinski definition) is 4. The number of nitrogens with two attached hydrogens (primary N) is 1. The molecule has 0 radical (unpaired) electrons. The van der Waals surface area contributed by atoms with Gasteiger partial charge in [0.2, 0.25) is 0 Å². The van der Waals surface area contributed by atoms with Gasteiger partial charge in [0.1, 0.15) is 5.58 Å². The van der Waals surface area contributed by atoms with Crippen molar-refractivity contribution in [2.45, 2.75) is 31.8 Å². The largest absolute Gasteiger partial charge is 0.451 e. The first-order valence-electron chi connectivity index (χ1n) is 7.15. The molecule has 2 atom stereocenters. The molecule has 1 aliphatic rings. The molecule has 5 nitrogen and oxygen atoms in total. The van der Waals surface area contributed by atoms with Gasteiger partial charge in [-0.25, -0.2) is 0 Å². The number of para-hydroxylation sites is 1. The fourth-order valence-electron chi connectivity index (χ4n) is 2.86. The minimum absolute atomic E-state index is 0.0537. The van der Waals surface area contributed by atoms with Gasteiger partial charge in [0.25, 0.3) is 5.91 Å². The van der Waals surface area contributed by atoms with Crippen LogP contribution in [0, 0.1) is 0 Å². The van der Waals surface area contributed by atoms with Gasteiger partial charge in [0.15, 0.2) is 11.2 Å². The molecular weight excluding hydrogens is 268 g/mol. The van der Waals surface area contributed by atoms with E-state index in [2.05, 4.69) is 0 Å². The molecule has 0 bridgehead atoms. The summed E-state index contributed by atoms with van der Waals surface area (Å²) in [5.74, 6) is -0.140. The summed E-state index contributed by atoms with van der Waals surface area (Å²) >= 11 is 0. The Morgan fingerprint density at radius 1 is 1.38 bits per heavy atom. The summed E-state index contributed by atoms with van der Waals surface area (Å²) < 4.78 is 5.61. The summed E-state index contributed by atoms with van der Waals surface area (Å²) in [6.07, 6.45) is 1.54. The van der Waals surface area contributed by atoms with Crippen molar-refractivity contribution in [3.63, 3.8) is 0 Å². The first-order chi connectivity index (χ1) is 10.1. The number of hydrogen-bond donors (Lipinski definition) is 1. The third-order valence-electron chi connectivity index (χ3n) is 4.02. The van der Waals surface area contributed by atoms with Crippen LogP contribution >= 0.6 is 0 Å². The quantitative estimate of drug-likeness (QED) is 0.866. The summed E-state index contributed by atoms with van der Waals surface area (Å²) in [7, 11) is 0. The van der Waals surface area contributed by atoms with Crippen LogP contribution in [0.4, 0.5) is 0 Å². The van der Waals surface area contributed by atoms with Crippen molar-refractivity contribution in [2.75, 3.05) is 6.54 Å². The van der Waals surface area contributed by atoms with Crippen LogP contribution in [-0.2, 0) is 0 Å². The number of carbonyl (C=O) groups excluding carboxylic acids is 1. The molecule has 0 saturated carbocycles. The van der Waals surface area contributed by atoms with E-state index in [1.54, 1.807) is 29.2 Å². The molecule has 5 heteroatoms. The number of fused-ring (bicyclic) bond motifs is 1. The number of rotatable bonds is 1. The molecular formula is C16H18N2O3. The highest BCUT2D eigenvalue weighted by molar-refractivity contribution is 5.93. The van der Waals surface area contributed by atoms with Gasteiger partial charge < -0.3 is 15.1 Å². The second-order valence-electron chi connectivity index (χ2n) is 5.60. The first-order valence-corrected chi connectivity index (χ1v) is 7.15. The topological polar surface area (TPSA) is 76.5 Å². The lowest BCUT2D eigenvalue weighted by atomic mass is 9.99. The smallest absolute Gasteiger partial charge is 0.289 e. The Balaban J connectivity index is 1.96. The summed E-state index contributed by atoms with van der Waals surface area (Å²) in [6, 6.07) is 8.41. The molecule has 1 aliphatic heterocycles. The van der Waals surface area contributed by atoms with Crippen molar-refractivity contribution in [1.29, 1.82) is 0 Å². The van der Waals surface area contributed by atoms with Crippen LogP contribution in [0.25, 0.3) is 11.0 Å². The van der Waals surface area contributed by atoms with E-state index in [0.29, 0.717) is 17.5 Å². The fourth-order valence-corrected chi connectivity index (χ4v) is 2.86. The summed E-state index contributed by atoms with van der Waals surface area (Å²) in [5.41, 5.74) is 6.16. The third kappa shape index (κ3) is 2.56. The van der Waals surface area contributed by atoms with Crippen LogP contribution in [0.15, 0.2) is 39.5 Å². The minimum atomic E-state index is -0.239. The lowest BCUT2D eigenvalue weighted by Gasteiger charge is -2.35. The predicted molar refractivity (Wildman–Crippen MR) is 80.2 cm³/mol. The Hall–Kier alpha value is -2.14. The SMILES string of the molecule is CC1CC(N)CCN1C(=O)c1cc(=O)c2ccccc2o1. The summed E-state index contributed by atoms with van der Waals surface area (Å²) in [6.45, 7) is 2.56. The zero-order chi connectivity index (χ0) is 15.0. The van der Waals surface area contributed by atoms with Crippen molar-refractivity contribution < 1.29 is 9.21 Å². The van der Waals surface area contributed by atoms with Crippen LogP contribution in [0.3, 0.4) is 0 Å². The van der Waals surface area contributed by atoms with Crippen LogP contribution in [-0.4, -0.2) is 29.4 Å². The monoisotopic (exact) mass is 286 g/mol. The number of benzene rings is 1. The van der Waals surface area contributed by atoms with Gasteiger partial charge in [0, 0.05) is 24.7 Å². The van der Waals surface area contributed by atoms with Crippen LogP contribution in [0.5, 0.6) is 0 Å². The van der Waals surface area contributed by atoms with Crippen molar-refractivity contribution in [3.05, 3.63) is 46.3 Å². The maximum absolute atomic E-state index is 12.6. The van der Waals surface area contributed by atoms with E-state index in [0.717, 1.165) is 12.8 Å². The van der Waals surface area contributed by atoms with E-state index < -0.39 is 0 Å². The zero-order valence-electron chi connectivity index (χ0n) is 11.9. The molecule has 0 spiro atoms. The molecule has 1 fully saturated rings.